The molecule has 0 saturated carbocycles. The minimum atomic E-state index is -0.832. The van der Waals surface area contributed by atoms with Crippen LogP contribution in [0, 0.1) is 13.8 Å². The average molecular weight is 510 g/mol. The van der Waals surface area contributed by atoms with E-state index in [0.29, 0.717) is 33.7 Å². The fraction of sp³-hybridized carbons (Fsp3) is 0.138. The minimum Gasteiger partial charge on any atom is -0.496 e. The van der Waals surface area contributed by atoms with Crippen LogP contribution in [0.2, 0.25) is 0 Å². The predicted octanol–water partition coefficient (Wildman–Crippen LogP) is 3.77. The summed E-state index contributed by atoms with van der Waals surface area (Å²) in [6, 6.07) is 15.8. The highest BCUT2D eigenvalue weighted by Gasteiger charge is 2.38. The van der Waals surface area contributed by atoms with E-state index in [1.54, 1.807) is 60.7 Å². The number of nitrogens with zero attached hydrogens (tertiary/aromatic N) is 2. The van der Waals surface area contributed by atoms with Gasteiger partial charge in [-0.05, 0) is 73.0 Å². The lowest BCUT2D eigenvalue weighted by Gasteiger charge is -2.27. The molecule has 0 unspecified atom stereocenters. The number of imide groups is 3. The first-order chi connectivity index (χ1) is 18.2. The number of fused-ring (bicyclic) bond motifs is 1. The van der Waals surface area contributed by atoms with Crippen LogP contribution in [0.15, 0.2) is 66.2 Å². The van der Waals surface area contributed by atoms with Crippen molar-refractivity contribution < 1.29 is 28.7 Å². The van der Waals surface area contributed by atoms with E-state index in [1.807, 2.05) is 13.8 Å². The average Bonchev–Trinajstić information content (AvgIpc) is 3.13. The van der Waals surface area contributed by atoms with Gasteiger partial charge < -0.3 is 4.74 Å². The van der Waals surface area contributed by atoms with Gasteiger partial charge in [-0.2, -0.15) is 0 Å². The second-order valence-electron chi connectivity index (χ2n) is 9.04. The highest BCUT2D eigenvalue weighted by atomic mass is 16.5. The van der Waals surface area contributed by atoms with Gasteiger partial charge >= 0.3 is 6.03 Å². The number of amides is 6. The van der Waals surface area contributed by atoms with Gasteiger partial charge in [-0.3, -0.25) is 29.4 Å². The molecule has 38 heavy (non-hydrogen) atoms. The molecular weight excluding hydrogens is 486 g/mol. The fourth-order valence-electron chi connectivity index (χ4n) is 4.49. The van der Waals surface area contributed by atoms with Crippen molar-refractivity contribution in [1.29, 1.82) is 0 Å². The molecule has 9 heteroatoms. The Morgan fingerprint density at radius 3 is 2.13 bits per heavy atom. The molecule has 6 amide bonds. The third-order valence-electron chi connectivity index (χ3n) is 6.67. The van der Waals surface area contributed by atoms with Crippen molar-refractivity contribution in [2.75, 3.05) is 12.0 Å². The van der Waals surface area contributed by atoms with Crippen LogP contribution >= 0.6 is 0 Å². The molecule has 5 rings (SSSR count). The molecule has 0 aliphatic carbocycles. The molecule has 0 bridgehead atoms. The van der Waals surface area contributed by atoms with Crippen LogP contribution in [-0.2, 0) is 16.1 Å². The van der Waals surface area contributed by atoms with Gasteiger partial charge in [0.25, 0.3) is 23.6 Å². The van der Waals surface area contributed by atoms with Crippen LogP contribution in [-0.4, -0.2) is 41.7 Å². The molecule has 3 aromatic carbocycles. The van der Waals surface area contributed by atoms with E-state index in [2.05, 4.69) is 5.32 Å². The minimum absolute atomic E-state index is 0.0695. The fourth-order valence-corrected chi connectivity index (χ4v) is 4.49. The maximum atomic E-state index is 13.3. The summed E-state index contributed by atoms with van der Waals surface area (Å²) >= 11 is 0. The van der Waals surface area contributed by atoms with Crippen molar-refractivity contribution >= 4 is 41.4 Å². The zero-order valence-electron chi connectivity index (χ0n) is 20.9. The number of nitrogens with one attached hydrogen (secondary N) is 1. The van der Waals surface area contributed by atoms with Crippen molar-refractivity contribution in [3.8, 4) is 5.75 Å². The molecule has 2 aliphatic rings. The second-order valence-corrected chi connectivity index (χ2v) is 9.04. The number of hydrogen-bond donors (Lipinski definition) is 1. The summed E-state index contributed by atoms with van der Waals surface area (Å²) in [5.74, 6) is -1.99. The summed E-state index contributed by atoms with van der Waals surface area (Å²) < 4.78 is 5.43. The molecule has 0 atom stereocenters. The Hall–Kier alpha value is -5.05. The number of methoxy groups -OCH3 is 1. The van der Waals surface area contributed by atoms with E-state index < -0.39 is 29.7 Å². The van der Waals surface area contributed by atoms with Gasteiger partial charge in [0, 0.05) is 5.56 Å². The first-order valence-electron chi connectivity index (χ1n) is 11.8. The van der Waals surface area contributed by atoms with Crippen LogP contribution in [0.25, 0.3) is 6.08 Å². The number of ether oxygens (including phenoxy) is 1. The van der Waals surface area contributed by atoms with E-state index in [-0.39, 0.29) is 12.1 Å². The van der Waals surface area contributed by atoms with E-state index >= 15 is 0 Å². The number of carbonyl (C=O) groups excluding carboxylic acids is 5. The summed E-state index contributed by atoms with van der Waals surface area (Å²) in [7, 11) is 1.46. The molecule has 190 valence electrons. The van der Waals surface area contributed by atoms with Gasteiger partial charge in [0.05, 0.1) is 30.5 Å². The van der Waals surface area contributed by atoms with Crippen molar-refractivity contribution in [3.05, 3.63) is 99.6 Å². The smallest absolute Gasteiger partial charge is 0.335 e. The molecule has 1 fully saturated rings. The van der Waals surface area contributed by atoms with Crippen molar-refractivity contribution in [3.63, 3.8) is 0 Å². The standard InChI is InChI=1S/C29H23N3O6/c1-16-8-10-20(12-17(16)2)32-28(36)23(25(33)30-29(32)37)14-18-9-11-24(38-3)19(13-18)15-31-26(34)21-6-4-5-7-22(21)27(31)35/h4-14H,15H2,1-3H3,(H,30,33,37)/b23-14+. The maximum absolute atomic E-state index is 13.3. The quantitative estimate of drug-likeness (QED) is 0.318. The number of urea groups is 1. The van der Waals surface area contributed by atoms with Crippen LogP contribution in [0.3, 0.4) is 0 Å². The van der Waals surface area contributed by atoms with Gasteiger partial charge in [-0.1, -0.05) is 24.3 Å². The molecule has 0 spiro atoms. The number of hydrogen-bond acceptors (Lipinski definition) is 6. The third-order valence-corrected chi connectivity index (χ3v) is 6.67. The van der Waals surface area contributed by atoms with Gasteiger partial charge in [0.1, 0.15) is 11.3 Å². The molecule has 1 N–H and O–H groups in total. The summed E-state index contributed by atoms with van der Waals surface area (Å²) in [6.07, 6.45) is 1.36. The topological polar surface area (TPSA) is 113 Å². The lowest BCUT2D eigenvalue weighted by Crippen LogP contribution is -2.54. The van der Waals surface area contributed by atoms with E-state index in [4.69, 9.17) is 4.74 Å². The number of benzene rings is 3. The highest BCUT2D eigenvalue weighted by molar-refractivity contribution is 6.39. The molecular formula is C29H23N3O6. The Morgan fingerprint density at radius 1 is 0.816 bits per heavy atom. The van der Waals surface area contributed by atoms with Crippen LogP contribution < -0.4 is 15.0 Å². The van der Waals surface area contributed by atoms with Crippen molar-refractivity contribution in [1.82, 2.24) is 10.2 Å². The number of aryl methyl sites for hydroxylation is 2. The van der Waals surface area contributed by atoms with Crippen LogP contribution in [0.4, 0.5) is 10.5 Å². The van der Waals surface area contributed by atoms with Crippen molar-refractivity contribution in [2.24, 2.45) is 0 Å². The normalized spacial score (nSPS) is 16.3. The van der Waals surface area contributed by atoms with Crippen molar-refractivity contribution in [2.45, 2.75) is 20.4 Å². The predicted molar refractivity (Wildman–Crippen MR) is 139 cm³/mol. The lowest BCUT2D eigenvalue weighted by molar-refractivity contribution is -0.122. The summed E-state index contributed by atoms with van der Waals surface area (Å²) in [5, 5.41) is 2.22. The summed E-state index contributed by atoms with van der Waals surface area (Å²) in [5.41, 5.74) is 3.60. The van der Waals surface area contributed by atoms with E-state index in [9.17, 15) is 24.0 Å². The van der Waals surface area contributed by atoms with E-state index in [1.165, 1.54) is 13.2 Å². The zero-order valence-corrected chi connectivity index (χ0v) is 20.9. The molecule has 3 aromatic rings. The molecule has 1 saturated heterocycles. The number of anilines is 1. The Kier molecular flexibility index (Phi) is 6.12. The Bertz CT molecular complexity index is 1550. The highest BCUT2D eigenvalue weighted by Crippen LogP contribution is 2.29. The number of carbonyl (C=O) groups is 5. The monoisotopic (exact) mass is 509 g/mol. The first kappa shape index (κ1) is 24.6. The Labute approximate surface area is 218 Å². The SMILES string of the molecule is COc1ccc(/C=C2\C(=O)NC(=O)N(c3ccc(C)c(C)c3)C2=O)cc1CN1C(=O)c2ccccc2C1=O. The van der Waals surface area contributed by atoms with E-state index in [0.717, 1.165) is 20.9 Å². The van der Waals surface area contributed by atoms with Crippen LogP contribution in [0.5, 0.6) is 5.75 Å². The molecule has 2 aliphatic heterocycles. The van der Waals surface area contributed by atoms with Gasteiger partial charge in [0.15, 0.2) is 0 Å². The molecule has 0 radical (unpaired) electrons. The lowest BCUT2D eigenvalue weighted by atomic mass is 10.0. The summed E-state index contributed by atoms with van der Waals surface area (Å²) in [4.78, 5) is 66.3. The van der Waals surface area contributed by atoms with Gasteiger partial charge in [0.2, 0.25) is 0 Å². The molecule has 2 heterocycles. The Morgan fingerprint density at radius 2 is 1.50 bits per heavy atom. The maximum Gasteiger partial charge on any atom is 0.335 e. The number of rotatable bonds is 5. The largest absolute Gasteiger partial charge is 0.496 e. The van der Waals surface area contributed by atoms with Gasteiger partial charge in [-0.15, -0.1) is 0 Å². The van der Waals surface area contributed by atoms with Gasteiger partial charge in [-0.25, -0.2) is 9.69 Å². The zero-order chi connectivity index (χ0) is 27.1. The third kappa shape index (κ3) is 4.13. The Balaban J connectivity index is 1.48. The second kappa shape index (κ2) is 9.44. The van der Waals surface area contributed by atoms with Crippen LogP contribution in [0.1, 0.15) is 43.0 Å². The number of barbiturate groups is 1. The molecule has 0 aromatic heterocycles. The molecule has 9 nitrogen and oxygen atoms in total. The summed E-state index contributed by atoms with van der Waals surface area (Å²) in [6.45, 7) is 3.70. The first-order valence-corrected chi connectivity index (χ1v) is 11.8.